The Kier molecular flexibility index (Phi) is 4.80. The van der Waals surface area contributed by atoms with Gasteiger partial charge in [-0.25, -0.2) is 0 Å². The second-order valence-electron chi connectivity index (χ2n) is 4.39. The van der Waals surface area contributed by atoms with E-state index in [0.29, 0.717) is 11.8 Å². The summed E-state index contributed by atoms with van der Waals surface area (Å²) in [7, 11) is 0. The summed E-state index contributed by atoms with van der Waals surface area (Å²) in [6, 6.07) is 0. The van der Waals surface area contributed by atoms with Gasteiger partial charge in [0, 0.05) is 0 Å². The summed E-state index contributed by atoms with van der Waals surface area (Å²) in [4.78, 5) is 0. The van der Waals surface area contributed by atoms with Crippen molar-refractivity contribution in [1.82, 2.24) is 6.15 Å². The van der Waals surface area contributed by atoms with Crippen LogP contribution in [0.15, 0.2) is 0 Å². The molecular formula is C10H23NO. The summed E-state index contributed by atoms with van der Waals surface area (Å²) in [5.41, 5.74) is 0. The molecule has 2 heteroatoms. The molecule has 0 spiro atoms. The van der Waals surface area contributed by atoms with E-state index in [2.05, 4.69) is 20.8 Å². The van der Waals surface area contributed by atoms with Crippen molar-refractivity contribution in [2.45, 2.75) is 46.1 Å². The van der Waals surface area contributed by atoms with Crippen molar-refractivity contribution < 1.29 is 5.11 Å². The Morgan fingerprint density at radius 3 is 2.25 bits per heavy atom. The van der Waals surface area contributed by atoms with Crippen LogP contribution in [0.4, 0.5) is 0 Å². The molecule has 0 amide bonds. The van der Waals surface area contributed by atoms with E-state index in [1.54, 1.807) is 0 Å². The van der Waals surface area contributed by atoms with Gasteiger partial charge in [0.2, 0.25) is 0 Å². The maximum absolute atomic E-state index is 9.71. The van der Waals surface area contributed by atoms with Crippen molar-refractivity contribution in [2.75, 3.05) is 0 Å². The third kappa shape index (κ3) is 2.76. The third-order valence-electron chi connectivity index (χ3n) is 2.99. The molecule has 0 saturated heterocycles. The molecule has 3 atom stereocenters. The Morgan fingerprint density at radius 2 is 1.83 bits per heavy atom. The number of hydrogen-bond donors (Lipinski definition) is 2. The number of aliphatic hydroxyl groups excluding tert-OH is 1. The summed E-state index contributed by atoms with van der Waals surface area (Å²) in [6.45, 7) is 6.66. The van der Waals surface area contributed by atoms with E-state index in [4.69, 9.17) is 0 Å². The van der Waals surface area contributed by atoms with E-state index >= 15 is 0 Å². The number of aliphatic hydroxyl groups is 1. The average Bonchev–Trinajstić information content (AvgIpc) is 1.85. The monoisotopic (exact) mass is 173 g/mol. The first-order valence-corrected chi connectivity index (χ1v) is 4.79. The highest BCUT2D eigenvalue weighted by Crippen LogP contribution is 2.33. The first-order valence-electron chi connectivity index (χ1n) is 4.79. The van der Waals surface area contributed by atoms with Gasteiger partial charge < -0.3 is 11.3 Å². The average molecular weight is 173 g/mol. The zero-order valence-electron chi connectivity index (χ0n) is 8.59. The van der Waals surface area contributed by atoms with Crippen molar-refractivity contribution in [2.24, 2.45) is 17.8 Å². The van der Waals surface area contributed by atoms with Gasteiger partial charge in [0.1, 0.15) is 0 Å². The van der Waals surface area contributed by atoms with Crippen molar-refractivity contribution in [3.63, 3.8) is 0 Å². The maximum atomic E-state index is 9.71. The lowest BCUT2D eigenvalue weighted by molar-refractivity contribution is 0.0266. The van der Waals surface area contributed by atoms with Gasteiger partial charge in [-0.1, -0.05) is 27.2 Å². The van der Waals surface area contributed by atoms with E-state index in [0.717, 1.165) is 12.3 Å². The second kappa shape index (κ2) is 4.83. The predicted octanol–water partition coefficient (Wildman–Crippen LogP) is 2.60. The van der Waals surface area contributed by atoms with Gasteiger partial charge in [-0.15, -0.1) is 0 Å². The molecule has 0 aromatic rings. The second-order valence-corrected chi connectivity index (χ2v) is 4.39. The van der Waals surface area contributed by atoms with E-state index in [1.807, 2.05) is 0 Å². The summed E-state index contributed by atoms with van der Waals surface area (Å²) >= 11 is 0. The molecule has 0 bridgehead atoms. The molecule has 1 aliphatic carbocycles. The third-order valence-corrected chi connectivity index (χ3v) is 2.99. The first kappa shape index (κ1) is 11.9. The topological polar surface area (TPSA) is 55.2 Å². The minimum Gasteiger partial charge on any atom is -0.393 e. The highest BCUT2D eigenvalue weighted by molar-refractivity contribution is 4.79. The first-order chi connectivity index (χ1) is 5.11. The zero-order chi connectivity index (χ0) is 8.43. The van der Waals surface area contributed by atoms with Crippen molar-refractivity contribution in [3.05, 3.63) is 0 Å². The maximum Gasteiger partial charge on any atom is 0.0573 e. The molecule has 12 heavy (non-hydrogen) atoms. The fourth-order valence-corrected chi connectivity index (χ4v) is 2.15. The van der Waals surface area contributed by atoms with E-state index in [1.165, 1.54) is 12.8 Å². The van der Waals surface area contributed by atoms with Crippen LogP contribution in [0.5, 0.6) is 0 Å². The van der Waals surface area contributed by atoms with E-state index < -0.39 is 0 Å². The van der Waals surface area contributed by atoms with Crippen LogP contribution in [0.25, 0.3) is 0 Å². The smallest absolute Gasteiger partial charge is 0.0573 e. The SMILES string of the molecule is CC1CCC(C(C)C)C(O)C1.N. The van der Waals surface area contributed by atoms with Gasteiger partial charge in [-0.3, -0.25) is 0 Å². The van der Waals surface area contributed by atoms with Gasteiger partial charge in [-0.2, -0.15) is 0 Å². The molecule has 1 aliphatic rings. The highest BCUT2D eigenvalue weighted by Gasteiger charge is 2.28. The molecule has 3 unspecified atom stereocenters. The Balaban J connectivity index is 0.00000121. The lowest BCUT2D eigenvalue weighted by atomic mass is 9.75. The molecule has 0 aromatic heterocycles. The molecule has 2 nitrogen and oxygen atoms in total. The molecular weight excluding hydrogens is 150 g/mol. The summed E-state index contributed by atoms with van der Waals surface area (Å²) in [5.74, 6) is 1.95. The number of rotatable bonds is 1. The van der Waals surface area contributed by atoms with Crippen molar-refractivity contribution >= 4 is 0 Å². The summed E-state index contributed by atoms with van der Waals surface area (Å²) in [5, 5.41) is 9.71. The van der Waals surface area contributed by atoms with Crippen LogP contribution in [-0.4, -0.2) is 11.2 Å². The molecule has 0 heterocycles. The fourth-order valence-electron chi connectivity index (χ4n) is 2.15. The van der Waals surface area contributed by atoms with Gasteiger partial charge in [0.25, 0.3) is 0 Å². The predicted molar refractivity (Wildman–Crippen MR) is 52.4 cm³/mol. The summed E-state index contributed by atoms with van der Waals surface area (Å²) < 4.78 is 0. The Morgan fingerprint density at radius 1 is 1.25 bits per heavy atom. The van der Waals surface area contributed by atoms with Crippen molar-refractivity contribution in [1.29, 1.82) is 0 Å². The lowest BCUT2D eigenvalue weighted by Gasteiger charge is -2.33. The minimum absolute atomic E-state index is 0. The van der Waals surface area contributed by atoms with Gasteiger partial charge in [-0.05, 0) is 30.6 Å². The molecule has 1 saturated carbocycles. The normalized spacial score (nSPS) is 36.2. The standard InChI is InChI=1S/C10H20O.H3N/c1-7(2)9-5-4-8(3)6-10(9)11;/h7-11H,4-6H2,1-3H3;1H3. The molecule has 1 rings (SSSR count). The van der Waals surface area contributed by atoms with Crippen LogP contribution in [-0.2, 0) is 0 Å². The molecule has 0 aromatic carbocycles. The Labute approximate surface area is 75.9 Å². The number of hydrogen-bond acceptors (Lipinski definition) is 2. The minimum atomic E-state index is -0.0289. The quantitative estimate of drug-likeness (QED) is 0.640. The molecule has 0 radical (unpaired) electrons. The van der Waals surface area contributed by atoms with Crippen molar-refractivity contribution in [3.8, 4) is 0 Å². The Hall–Kier alpha value is -0.0800. The van der Waals surface area contributed by atoms with Crippen LogP contribution in [0.3, 0.4) is 0 Å². The van der Waals surface area contributed by atoms with E-state index in [-0.39, 0.29) is 12.3 Å². The Bertz CT molecular complexity index is 125. The largest absolute Gasteiger partial charge is 0.393 e. The van der Waals surface area contributed by atoms with Crippen LogP contribution in [0, 0.1) is 17.8 Å². The van der Waals surface area contributed by atoms with Crippen LogP contribution < -0.4 is 6.15 Å². The molecule has 0 aliphatic heterocycles. The van der Waals surface area contributed by atoms with E-state index in [9.17, 15) is 5.11 Å². The molecule has 1 fully saturated rings. The summed E-state index contributed by atoms with van der Waals surface area (Å²) in [6.07, 6.45) is 3.52. The van der Waals surface area contributed by atoms with Gasteiger partial charge >= 0.3 is 0 Å². The molecule has 74 valence electrons. The van der Waals surface area contributed by atoms with Crippen LogP contribution in [0.2, 0.25) is 0 Å². The lowest BCUT2D eigenvalue weighted by Crippen LogP contribution is -2.31. The van der Waals surface area contributed by atoms with Crippen LogP contribution >= 0.6 is 0 Å². The van der Waals surface area contributed by atoms with Crippen LogP contribution in [0.1, 0.15) is 40.0 Å². The fraction of sp³-hybridized carbons (Fsp3) is 1.00. The zero-order valence-corrected chi connectivity index (χ0v) is 8.59. The highest BCUT2D eigenvalue weighted by atomic mass is 16.3. The van der Waals surface area contributed by atoms with Gasteiger partial charge in [0.05, 0.1) is 6.10 Å². The molecule has 4 N–H and O–H groups in total. The van der Waals surface area contributed by atoms with Gasteiger partial charge in [0.15, 0.2) is 0 Å².